The van der Waals surface area contributed by atoms with Crippen LogP contribution in [0.4, 0.5) is 0 Å². The fourth-order valence-corrected chi connectivity index (χ4v) is 2.94. The summed E-state index contributed by atoms with van der Waals surface area (Å²) >= 11 is 1.88. The zero-order chi connectivity index (χ0) is 12.4. The minimum absolute atomic E-state index is 1.01. The average Bonchev–Trinajstić information content (AvgIpc) is 2.82. The van der Waals surface area contributed by atoms with Gasteiger partial charge in [0, 0.05) is 27.7 Å². The van der Waals surface area contributed by atoms with Crippen molar-refractivity contribution < 1.29 is 0 Å². The number of aromatic amines is 1. The van der Waals surface area contributed by atoms with E-state index < -0.39 is 0 Å². The Hall–Kier alpha value is -1.67. The lowest BCUT2D eigenvalue weighted by Crippen LogP contribution is -1.78. The lowest BCUT2D eigenvalue weighted by Gasteiger charge is -2.01. The van der Waals surface area contributed by atoms with Crippen molar-refractivity contribution in [3.05, 3.63) is 65.9 Å². The van der Waals surface area contributed by atoms with E-state index in [0.29, 0.717) is 0 Å². The van der Waals surface area contributed by atoms with Gasteiger partial charge in [-0.25, -0.2) is 0 Å². The molecule has 2 heteroatoms. The number of aryl methyl sites for hydroxylation is 1. The van der Waals surface area contributed by atoms with Gasteiger partial charge in [-0.05, 0) is 30.7 Å². The van der Waals surface area contributed by atoms with Gasteiger partial charge in [-0.3, -0.25) is 0 Å². The Morgan fingerprint density at radius 1 is 1.00 bits per heavy atom. The largest absolute Gasteiger partial charge is 0.361 e. The van der Waals surface area contributed by atoms with E-state index in [9.17, 15) is 0 Å². The summed E-state index contributed by atoms with van der Waals surface area (Å²) in [7, 11) is 0. The summed E-state index contributed by atoms with van der Waals surface area (Å²) in [5.41, 5.74) is 3.90. The van der Waals surface area contributed by atoms with Gasteiger partial charge in [-0.1, -0.05) is 35.9 Å². The van der Waals surface area contributed by atoms with Crippen LogP contribution in [0.15, 0.2) is 59.6 Å². The van der Waals surface area contributed by atoms with Crippen LogP contribution in [0.5, 0.6) is 0 Å². The molecule has 0 atom stereocenters. The van der Waals surface area contributed by atoms with Gasteiger partial charge in [-0.15, -0.1) is 11.8 Å². The molecule has 0 saturated carbocycles. The van der Waals surface area contributed by atoms with Crippen LogP contribution in [0.3, 0.4) is 0 Å². The molecule has 0 radical (unpaired) electrons. The Labute approximate surface area is 111 Å². The number of para-hydroxylation sites is 1. The molecular formula is C16H15NS. The van der Waals surface area contributed by atoms with Crippen molar-refractivity contribution in [2.24, 2.45) is 0 Å². The first-order chi connectivity index (χ1) is 8.83. The molecule has 1 N–H and O–H groups in total. The number of H-pyrrole nitrogens is 1. The maximum absolute atomic E-state index is 3.32. The third kappa shape index (κ3) is 2.29. The summed E-state index contributed by atoms with van der Waals surface area (Å²) in [6.45, 7) is 2.12. The highest BCUT2D eigenvalue weighted by molar-refractivity contribution is 7.98. The Balaban J connectivity index is 1.79. The zero-order valence-corrected chi connectivity index (χ0v) is 11.1. The highest BCUT2D eigenvalue weighted by Gasteiger charge is 2.03. The summed E-state index contributed by atoms with van der Waals surface area (Å²) in [5, 5.41) is 1.33. The minimum atomic E-state index is 1.01. The summed E-state index contributed by atoms with van der Waals surface area (Å²) in [5.74, 6) is 1.01. The van der Waals surface area contributed by atoms with Crippen LogP contribution in [0.25, 0.3) is 10.9 Å². The lowest BCUT2D eigenvalue weighted by molar-refractivity contribution is 1.35. The number of rotatable bonds is 3. The van der Waals surface area contributed by atoms with Crippen molar-refractivity contribution in [1.82, 2.24) is 4.98 Å². The monoisotopic (exact) mass is 253 g/mol. The van der Waals surface area contributed by atoms with E-state index in [0.717, 1.165) is 5.75 Å². The van der Waals surface area contributed by atoms with Gasteiger partial charge in [0.05, 0.1) is 0 Å². The molecular weight excluding hydrogens is 238 g/mol. The molecule has 0 bridgehead atoms. The van der Waals surface area contributed by atoms with Crippen molar-refractivity contribution in [2.45, 2.75) is 17.6 Å². The van der Waals surface area contributed by atoms with Crippen LogP contribution in [-0.2, 0) is 5.75 Å². The van der Waals surface area contributed by atoms with E-state index in [4.69, 9.17) is 0 Å². The molecule has 0 aliphatic rings. The van der Waals surface area contributed by atoms with Crippen molar-refractivity contribution >= 4 is 22.7 Å². The molecule has 90 valence electrons. The highest BCUT2D eigenvalue weighted by atomic mass is 32.2. The topological polar surface area (TPSA) is 15.8 Å². The maximum atomic E-state index is 3.32. The Morgan fingerprint density at radius 2 is 1.78 bits per heavy atom. The van der Waals surface area contributed by atoms with E-state index in [2.05, 4.69) is 66.6 Å². The van der Waals surface area contributed by atoms with E-state index in [-0.39, 0.29) is 0 Å². The predicted octanol–water partition coefficient (Wildman–Crippen LogP) is 4.77. The number of nitrogens with one attached hydrogen (secondary N) is 1. The molecule has 0 aliphatic carbocycles. The van der Waals surface area contributed by atoms with E-state index in [1.165, 1.54) is 26.9 Å². The lowest BCUT2D eigenvalue weighted by atomic mass is 10.2. The van der Waals surface area contributed by atoms with Crippen LogP contribution in [0.1, 0.15) is 11.1 Å². The standard InChI is InChI=1S/C16H15NS/c1-12-6-8-14(9-7-12)18-11-13-10-17-16-5-3-2-4-15(13)16/h2-10,17H,11H2,1H3. The third-order valence-corrected chi connectivity index (χ3v) is 4.15. The van der Waals surface area contributed by atoms with Crippen LogP contribution < -0.4 is 0 Å². The van der Waals surface area contributed by atoms with Gasteiger partial charge in [-0.2, -0.15) is 0 Å². The van der Waals surface area contributed by atoms with Crippen molar-refractivity contribution in [2.75, 3.05) is 0 Å². The second-order valence-electron chi connectivity index (χ2n) is 4.46. The van der Waals surface area contributed by atoms with Gasteiger partial charge < -0.3 is 4.98 Å². The number of aromatic nitrogens is 1. The Kier molecular flexibility index (Phi) is 3.11. The Morgan fingerprint density at radius 3 is 2.61 bits per heavy atom. The van der Waals surface area contributed by atoms with E-state index in [1.54, 1.807) is 0 Å². The van der Waals surface area contributed by atoms with Gasteiger partial charge in [0.25, 0.3) is 0 Å². The van der Waals surface area contributed by atoms with Crippen molar-refractivity contribution in [3.8, 4) is 0 Å². The first kappa shape index (κ1) is 11.4. The molecule has 0 unspecified atom stereocenters. The van der Waals surface area contributed by atoms with E-state index >= 15 is 0 Å². The van der Waals surface area contributed by atoms with Gasteiger partial charge >= 0.3 is 0 Å². The molecule has 1 aromatic heterocycles. The molecule has 0 fully saturated rings. The number of fused-ring (bicyclic) bond motifs is 1. The fourth-order valence-electron chi connectivity index (χ4n) is 2.05. The van der Waals surface area contributed by atoms with Gasteiger partial charge in [0.15, 0.2) is 0 Å². The molecule has 18 heavy (non-hydrogen) atoms. The molecule has 0 amide bonds. The van der Waals surface area contributed by atoms with Crippen molar-refractivity contribution in [1.29, 1.82) is 0 Å². The molecule has 3 rings (SSSR count). The van der Waals surface area contributed by atoms with Crippen LogP contribution in [-0.4, -0.2) is 4.98 Å². The number of hydrogen-bond acceptors (Lipinski definition) is 1. The predicted molar refractivity (Wildman–Crippen MR) is 79.0 cm³/mol. The molecule has 1 heterocycles. The molecule has 0 saturated heterocycles. The smallest absolute Gasteiger partial charge is 0.0457 e. The second-order valence-corrected chi connectivity index (χ2v) is 5.51. The summed E-state index contributed by atoms with van der Waals surface area (Å²) in [4.78, 5) is 4.65. The average molecular weight is 253 g/mol. The normalized spacial score (nSPS) is 10.9. The van der Waals surface area contributed by atoms with Gasteiger partial charge in [0.2, 0.25) is 0 Å². The van der Waals surface area contributed by atoms with Gasteiger partial charge in [0.1, 0.15) is 0 Å². The summed E-state index contributed by atoms with van der Waals surface area (Å²) in [6, 6.07) is 17.2. The third-order valence-electron chi connectivity index (χ3n) is 3.09. The fraction of sp³-hybridized carbons (Fsp3) is 0.125. The first-order valence-corrected chi connectivity index (χ1v) is 7.06. The molecule has 3 aromatic rings. The van der Waals surface area contributed by atoms with E-state index in [1.807, 2.05) is 11.8 Å². The SMILES string of the molecule is Cc1ccc(SCc2c[nH]c3ccccc23)cc1. The maximum Gasteiger partial charge on any atom is 0.0457 e. The number of thioether (sulfide) groups is 1. The van der Waals surface area contributed by atoms with Crippen LogP contribution in [0.2, 0.25) is 0 Å². The van der Waals surface area contributed by atoms with Crippen LogP contribution in [0, 0.1) is 6.92 Å². The molecule has 0 spiro atoms. The summed E-state index contributed by atoms with van der Waals surface area (Å²) in [6.07, 6.45) is 2.12. The highest BCUT2D eigenvalue weighted by Crippen LogP contribution is 2.27. The Bertz CT molecular complexity index is 652. The van der Waals surface area contributed by atoms with Crippen LogP contribution >= 0.6 is 11.8 Å². The second kappa shape index (κ2) is 4.91. The quantitative estimate of drug-likeness (QED) is 0.665. The molecule has 0 aliphatic heterocycles. The minimum Gasteiger partial charge on any atom is -0.361 e. The molecule has 1 nitrogen and oxygen atoms in total. The number of benzene rings is 2. The zero-order valence-electron chi connectivity index (χ0n) is 10.3. The van der Waals surface area contributed by atoms with Crippen molar-refractivity contribution in [3.63, 3.8) is 0 Å². The molecule has 2 aromatic carbocycles. The summed E-state index contributed by atoms with van der Waals surface area (Å²) < 4.78 is 0. The first-order valence-electron chi connectivity index (χ1n) is 6.07. The number of hydrogen-bond donors (Lipinski definition) is 1.